The van der Waals surface area contributed by atoms with Gasteiger partial charge >= 0.3 is 6.03 Å². The van der Waals surface area contributed by atoms with E-state index in [1.165, 1.54) is 5.56 Å². The monoisotopic (exact) mass is 345 g/mol. The number of likely N-dealkylation sites (tertiary alicyclic amines) is 1. The minimum absolute atomic E-state index is 0.233. The summed E-state index contributed by atoms with van der Waals surface area (Å²) < 4.78 is 0. The van der Waals surface area contributed by atoms with E-state index in [0.29, 0.717) is 5.92 Å². The number of hydrogen-bond donors (Lipinski definition) is 2. The van der Waals surface area contributed by atoms with E-state index in [0.717, 1.165) is 32.4 Å². The summed E-state index contributed by atoms with van der Waals surface area (Å²) in [6.45, 7) is 9.32. The molecule has 0 aromatic heterocycles. The number of nitrogens with one attached hydrogen (secondary N) is 2. The van der Waals surface area contributed by atoms with Gasteiger partial charge in [0.15, 0.2) is 0 Å². The van der Waals surface area contributed by atoms with Crippen molar-refractivity contribution in [2.24, 2.45) is 5.92 Å². The number of imide groups is 1. The average Bonchev–Trinajstić information content (AvgIpc) is 2.54. The molecule has 1 aromatic rings. The van der Waals surface area contributed by atoms with Crippen molar-refractivity contribution in [3.63, 3.8) is 0 Å². The lowest BCUT2D eigenvalue weighted by atomic mass is 9.89. The van der Waals surface area contributed by atoms with Crippen molar-refractivity contribution in [1.82, 2.24) is 15.5 Å². The van der Waals surface area contributed by atoms with Crippen molar-refractivity contribution < 1.29 is 9.59 Å². The zero-order valence-electron chi connectivity index (χ0n) is 15.8. The number of carbonyl (C=O) groups excluding carboxylic acids is 2. The maximum absolute atomic E-state index is 12.3. The maximum Gasteiger partial charge on any atom is 0.321 e. The van der Waals surface area contributed by atoms with Crippen LogP contribution in [0, 0.1) is 5.92 Å². The first-order valence-electron chi connectivity index (χ1n) is 9.15. The van der Waals surface area contributed by atoms with Gasteiger partial charge in [0.05, 0.1) is 6.04 Å². The van der Waals surface area contributed by atoms with Crippen LogP contribution in [0.4, 0.5) is 4.79 Å². The number of amides is 3. The maximum atomic E-state index is 12.3. The Hall–Kier alpha value is -1.88. The van der Waals surface area contributed by atoms with Crippen LogP contribution in [0.1, 0.15) is 46.1 Å². The van der Waals surface area contributed by atoms with Gasteiger partial charge in [-0.2, -0.15) is 0 Å². The third-order valence-electron chi connectivity index (χ3n) is 4.67. The molecule has 0 bridgehead atoms. The van der Waals surface area contributed by atoms with Crippen LogP contribution in [0.25, 0.3) is 0 Å². The molecule has 25 heavy (non-hydrogen) atoms. The van der Waals surface area contributed by atoms with Gasteiger partial charge in [-0.05, 0) is 71.5 Å². The van der Waals surface area contributed by atoms with Gasteiger partial charge in [0.2, 0.25) is 5.91 Å². The molecule has 1 aliphatic rings. The molecule has 0 spiro atoms. The second-order valence-corrected chi connectivity index (χ2v) is 8.04. The molecule has 1 saturated heterocycles. The van der Waals surface area contributed by atoms with Gasteiger partial charge in [-0.15, -0.1) is 0 Å². The number of hydrogen-bond acceptors (Lipinski definition) is 3. The Morgan fingerprint density at radius 2 is 1.76 bits per heavy atom. The van der Waals surface area contributed by atoms with Crippen molar-refractivity contribution >= 4 is 11.9 Å². The lowest BCUT2D eigenvalue weighted by molar-refractivity contribution is -0.125. The summed E-state index contributed by atoms with van der Waals surface area (Å²) >= 11 is 0. The van der Waals surface area contributed by atoms with Gasteiger partial charge in [0.1, 0.15) is 0 Å². The smallest absolute Gasteiger partial charge is 0.321 e. The van der Waals surface area contributed by atoms with E-state index in [4.69, 9.17) is 0 Å². The highest BCUT2D eigenvalue weighted by Crippen LogP contribution is 2.22. The van der Waals surface area contributed by atoms with Crippen molar-refractivity contribution in [2.45, 2.75) is 58.5 Å². The first kappa shape index (κ1) is 19.4. The van der Waals surface area contributed by atoms with Crippen LogP contribution in [0.2, 0.25) is 0 Å². The molecule has 1 atom stereocenters. The molecule has 0 radical (unpaired) electrons. The summed E-state index contributed by atoms with van der Waals surface area (Å²) in [5.74, 6) is 0.432. The molecule has 0 aliphatic carbocycles. The Balaban J connectivity index is 1.77. The molecule has 3 amide bonds. The van der Waals surface area contributed by atoms with Gasteiger partial charge in [-0.25, -0.2) is 4.79 Å². The van der Waals surface area contributed by atoms with Crippen LogP contribution in [-0.4, -0.2) is 41.5 Å². The lowest BCUT2D eigenvalue weighted by Crippen LogP contribution is -2.54. The number of benzene rings is 1. The van der Waals surface area contributed by atoms with Crippen molar-refractivity contribution in [2.75, 3.05) is 13.1 Å². The van der Waals surface area contributed by atoms with E-state index in [1.807, 2.05) is 33.8 Å². The molecular formula is C20H31N3O2. The van der Waals surface area contributed by atoms with Crippen LogP contribution < -0.4 is 10.6 Å². The lowest BCUT2D eigenvalue weighted by Gasteiger charge is -2.35. The molecule has 2 N–H and O–H groups in total. The van der Waals surface area contributed by atoms with Crippen molar-refractivity contribution in [3.8, 4) is 0 Å². The minimum Gasteiger partial charge on any atom is -0.333 e. The van der Waals surface area contributed by atoms with E-state index in [-0.39, 0.29) is 17.5 Å². The molecule has 5 nitrogen and oxygen atoms in total. The minimum atomic E-state index is -0.427. The van der Waals surface area contributed by atoms with Crippen LogP contribution in [-0.2, 0) is 11.2 Å². The Bertz CT molecular complexity index is 572. The summed E-state index contributed by atoms with van der Waals surface area (Å²) in [6, 6.07) is 9.85. The van der Waals surface area contributed by atoms with Crippen LogP contribution in [0.3, 0.4) is 0 Å². The average molecular weight is 345 g/mol. The predicted octanol–water partition coefficient (Wildman–Crippen LogP) is 2.95. The third-order valence-corrected chi connectivity index (χ3v) is 4.67. The number of carbonyl (C=O) groups is 2. The zero-order valence-corrected chi connectivity index (χ0v) is 15.8. The molecule has 5 heteroatoms. The molecule has 1 heterocycles. The summed E-state index contributed by atoms with van der Waals surface area (Å²) in [5.41, 5.74) is 1.02. The highest BCUT2D eigenvalue weighted by Gasteiger charge is 2.28. The van der Waals surface area contributed by atoms with Crippen LogP contribution in [0.15, 0.2) is 30.3 Å². The summed E-state index contributed by atoms with van der Waals surface area (Å²) in [7, 11) is 0. The van der Waals surface area contributed by atoms with Gasteiger partial charge in [-0.3, -0.25) is 15.0 Å². The molecule has 138 valence electrons. The van der Waals surface area contributed by atoms with E-state index in [2.05, 4.69) is 39.8 Å². The number of urea groups is 1. The van der Waals surface area contributed by atoms with E-state index in [9.17, 15) is 9.59 Å². The Kier molecular flexibility index (Phi) is 6.59. The fourth-order valence-electron chi connectivity index (χ4n) is 3.25. The Labute approximate surface area is 151 Å². The molecule has 1 aliphatic heterocycles. The highest BCUT2D eigenvalue weighted by molar-refractivity contribution is 5.97. The SMILES string of the molecule is C[C@@H](C(=O)NC(=O)NC(C)(C)C)N1CCC(Cc2ccccc2)CC1. The number of rotatable bonds is 4. The fraction of sp³-hybridized carbons (Fsp3) is 0.600. The first-order chi connectivity index (χ1) is 11.7. The quantitative estimate of drug-likeness (QED) is 0.882. The normalized spacial score (nSPS) is 17.8. The fourth-order valence-corrected chi connectivity index (χ4v) is 3.25. The zero-order chi connectivity index (χ0) is 18.4. The summed E-state index contributed by atoms with van der Waals surface area (Å²) in [6.07, 6.45) is 3.27. The number of piperidine rings is 1. The molecule has 1 fully saturated rings. The topological polar surface area (TPSA) is 61.4 Å². The second kappa shape index (κ2) is 8.48. The summed E-state index contributed by atoms with van der Waals surface area (Å²) in [5, 5.41) is 5.21. The van der Waals surface area contributed by atoms with Gasteiger partial charge in [-0.1, -0.05) is 30.3 Å². The molecular weight excluding hydrogens is 314 g/mol. The van der Waals surface area contributed by atoms with Gasteiger partial charge in [0.25, 0.3) is 0 Å². The number of nitrogens with zero attached hydrogens (tertiary/aromatic N) is 1. The second-order valence-electron chi connectivity index (χ2n) is 8.04. The van der Waals surface area contributed by atoms with Gasteiger partial charge in [0, 0.05) is 5.54 Å². The predicted molar refractivity (Wildman–Crippen MR) is 100 cm³/mol. The van der Waals surface area contributed by atoms with E-state index in [1.54, 1.807) is 0 Å². The van der Waals surface area contributed by atoms with E-state index < -0.39 is 6.03 Å². The standard InChI is InChI=1S/C20H31N3O2/c1-15(18(24)21-19(25)22-20(2,3)4)23-12-10-17(11-13-23)14-16-8-6-5-7-9-16/h5-9,15,17H,10-14H2,1-4H3,(H2,21,22,24,25)/t15-/m0/s1. The largest absolute Gasteiger partial charge is 0.333 e. The highest BCUT2D eigenvalue weighted by atomic mass is 16.2. The molecule has 2 rings (SSSR count). The van der Waals surface area contributed by atoms with Crippen LogP contribution in [0.5, 0.6) is 0 Å². The summed E-state index contributed by atoms with van der Waals surface area (Å²) in [4.78, 5) is 26.3. The van der Waals surface area contributed by atoms with Crippen LogP contribution >= 0.6 is 0 Å². The Morgan fingerprint density at radius 1 is 1.16 bits per heavy atom. The van der Waals surface area contributed by atoms with Crippen molar-refractivity contribution in [3.05, 3.63) is 35.9 Å². The van der Waals surface area contributed by atoms with Crippen molar-refractivity contribution in [1.29, 1.82) is 0 Å². The first-order valence-corrected chi connectivity index (χ1v) is 9.15. The molecule has 1 aromatic carbocycles. The molecule has 0 unspecified atom stereocenters. The van der Waals surface area contributed by atoms with Gasteiger partial charge < -0.3 is 5.32 Å². The Morgan fingerprint density at radius 3 is 2.32 bits per heavy atom. The molecule has 0 saturated carbocycles. The third kappa shape index (κ3) is 6.50. The van der Waals surface area contributed by atoms with E-state index >= 15 is 0 Å².